The number of likely N-dealkylation sites (N-methyl/N-ethyl adjacent to an activating group) is 2. The molecule has 0 bridgehead atoms. The summed E-state index contributed by atoms with van der Waals surface area (Å²) >= 11 is 0. The molecule has 0 fully saturated rings. The van der Waals surface area contributed by atoms with E-state index in [1.165, 1.54) is 0 Å². The summed E-state index contributed by atoms with van der Waals surface area (Å²) < 4.78 is 15.6. The van der Waals surface area contributed by atoms with Crippen LogP contribution in [0, 0.1) is 0 Å². The van der Waals surface area contributed by atoms with Gasteiger partial charge < -0.3 is 24.8 Å². The van der Waals surface area contributed by atoms with Crippen LogP contribution in [-0.2, 0) is 23.8 Å². The summed E-state index contributed by atoms with van der Waals surface area (Å²) in [4.78, 5) is 36.4. The molecule has 29 heavy (non-hydrogen) atoms. The lowest BCUT2D eigenvalue weighted by Crippen LogP contribution is -2.39. The van der Waals surface area contributed by atoms with Crippen LogP contribution in [0.3, 0.4) is 0 Å². The van der Waals surface area contributed by atoms with Gasteiger partial charge in [-0.2, -0.15) is 0 Å². The van der Waals surface area contributed by atoms with Gasteiger partial charge in [-0.3, -0.25) is 9.59 Å². The summed E-state index contributed by atoms with van der Waals surface area (Å²) in [5.41, 5.74) is 0.291. The highest BCUT2D eigenvalue weighted by atomic mass is 16.6. The van der Waals surface area contributed by atoms with E-state index < -0.39 is 18.0 Å². The second-order valence-corrected chi connectivity index (χ2v) is 6.34. The lowest BCUT2D eigenvalue weighted by atomic mass is 10.0. The predicted molar refractivity (Wildman–Crippen MR) is 109 cm³/mol. The van der Waals surface area contributed by atoms with E-state index in [-0.39, 0.29) is 18.6 Å². The fraction of sp³-hybridized carbons (Fsp3) is 0.571. The topological polar surface area (TPSA) is 103 Å². The molecule has 0 aliphatic heterocycles. The standard InChI is InChI=1S/C21H32N2O6/c1-3-23-18(16-20(25)29-21(26)17-8-5-4-6-9-17)19(24)10-7-12-27-14-15-28-13-11-22-2/h4-6,8-9,18,22-23H,3,7,10-16H2,1-2H3/t18-/m0/s1. The lowest BCUT2D eigenvalue weighted by molar-refractivity contribution is -0.140. The fourth-order valence-corrected chi connectivity index (χ4v) is 2.51. The van der Waals surface area contributed by atoms with Crippen LogP contribution in [0.2, 0.25) is 0 Å². The van der Waals surface area contributed by atoms with Crippen molar-refractivity contribution in [1.82, 2.24) is 10.6 Å². The van der Waals surface area contributed by atoms with Crippen LogP contribution in [0.1, 0.15) is 36.5 Å². The highest BCUT2D eigenvalue weighted by Crippen LogP contribution is 2.06. The summed E-state index contributed by atoms with van der Waals surface area (Å²) in [5, 5.41) is 5.96. The first-order valence-electron chi connectivity index (χ1n) is 9.94. The van der Waals surface area contributed by atoms with Crippen LogP contribution in [0.5, 0.6) is 0 Å². The Labute approximate surface area is 172 Å². The van der Waals surface area contributed by atoms with Crippen molar-refractivity contribution in [1.29, 1.82) is 0 Å². The van der Waals surface area contributed by atoms with E-state index >= 15 is 0 Å². The fourth-order valence-electron chi connectivity index (χ4n) is 2.51. The number of carbonyl (C=O) groups is 3. The van der Waals surface area contributed by atoms with E-state index in [0.29, 0.717) is 45.0 Å². The van der Waals surface area contributed by atoms with E-state index in [0.717, 1.165) is 6.54 Å². The van der Waals surface area contributed by atoms with Crippen LogP contribution in [-0.4, -0.2) is 70.3 Å². The van der Waals surface area contributed by atoms with Gasteiger partial charge in [-0.15, -0.1) is 0 Å². The molecule has 162 valence electrons. The minimum absolute atomic E-state index is 0.107. The monoisotopic (exact) mass is 408 g/mol. The predicted octanol–water partition coefficient (Wildman–Crippen LogP) is 1.34. The second-order valence-electron chi connectivity index (χ2n) is 6.34. The van der Waals surface area contributed by atoms with Gasteiger partial charge in [-0.25, -0.2) is 4.79 Å². The van der Waals surface area contributed by atoms with E-state index in [1.54, 1.807) is 30.3 Å². The number of ether oxygens (including phenoxy) is 3. The first-order valence-corrected chi connectivity index (χ1v) is 9.94. The quantitative estimate of drug-likeness (QED) is 0.240. The Morgan fingerprint density at radius 2 is 1.69 bits per heavy atom. The normalized spacial score (nSPS) is 11.8. The number of Topliss-reactive ketones (excluding diaryl/α,β-unsaturated/α-hetero) is 1. The third-order valence-electron chi connectivity index (χ3n) is 4.01. The molecule has 2 N–H and O–H groups in total. The first kappa shape index (κ1) is 24.9. The van der Waals surface area contributed by atoms with Crippen molar-refractivity contribution in [2.45, 2.75) is 32.2 Å². The summed E-state index contributed by atoms with van der Waals surface area (Å²) in [7, 11) is 1.86. The highest BCUT2D eigenvalue weighted by Gasteiger charge is 2.23. The molecule has 1 aromatic carbocycles. The van der Waals surface area contributed by atoms with E-state index in [9.17, 15) is 14.4 Å². The molecule has 0 amide bonds. The minimum atomic E-state index is -0.729. The van der Waals surface area contributed by atoms with Gasteiger partial charge in [0.15, 0.2) is 0 Å². The van der Waals surface area contributed by atoms with Crippen molar-refractivity contribution in [2.24, 2.45) is 0 Å². The van der Waals surface area contributed by atoms with Crippen molar-refractivity contribution in [2.75, 3.05) is 46.6 Å². The van der Waals surface area contributed by atoms with Gasteiger partial charge in [0.05, 0.1) is 37.8 Å². The molecule has 1 rings (SSSR count). The van der Waals surface area contributed by atoms with Gasteiger partial charge in [0, 0.05) is 19.6 Å². The van der Waals surface area contributed by atoms with Crippen LogP contribution < -0.4 is 10.6 Å². The van der Waals surface area contributed by atoms with E-state index in [2.05, 4.69) is 10.6 Å². The van der Waals surface area contributed by atoms with Gasteiger partial charge in [-0.05, 0) is 32.1 Å². The summed E-state index contributed by atoms with van der Waals surface area (Å²) in [5.74, 6) is -1.55. The largest absolute Gasteiger partial charge is 0.389 e. The Morgan fingerprint density at radius 1 is 1.00 bits per heavy atom. The van der Waals surface area contributed by atoms with Gasteiger partial charge in [0.2, 0.25) is 0 Å². The number of benzene rings is 1. The van der Waals surface area contributed by atoms with Gasteiger partial charge in [0.25, 0.3) is 0 Å². The van der Waals surface area contributed by atoms with Crippen LogP contribution in [0.4, 0.5) is 0 Å². The molecule has 1 aromatic rings. The number of nitrogens with one attached hydrogen (secondary N) is 2. The molecule has 1 atom stereocenters. The maximum absolute atomic E-state index is 12.4. The molecule has 8 nitrogen and oxygen atoms in total. The average Bonchev–Trinajstić information content (AvgIpc) is 2.72. The van der Waals surface area contributed by atoms with Crippen molar-refractivity contribution in [3.05, 3.63) is 35.9 Å². The second kappa shape index (κ2) is 15.8. The molecule has 0 aromatic heterocycles. The van der Waals surface area contributed by atoms with Crippen molar-refractivity contribution in [3.63, 3.8) is 0 Å². The highest BCUT2D eigenvalue weighted by molar-refractivity contribution is 5.98. The van der Waals surface area contributed by atoms with Gasteiger partial charge in [0.1, 0.15) is 5.78 Å². The van der Waals surface area contributed by atoms with Crippen molar-refractivity contribution < 1.29 is 28.6 Å². The number of hydrogen-bond donors (Lipinski definition) is 2. The van der Waals surface area contributed by atoms with Crippen LogP contribution >= 0.6 is 0 Å². The molecular weight excluding hydrogens is 376 g/mol. The Balaban J connectivity index is 2.28. The molecule has 0 heterocycles. The average molecular weight is 408 g/mol. The van der Waals surface area contributed by atoms with Crippen molar-refractivity contribution in [3.8, 4) is 0 Å². The zero-order valence-electron chi connectivity index (χ0n) is 17.3. The molecule has 0 spiro atoms. The molecule has 8 heteroatoms. The maximum atomic E-state index is 12.4. The third-order valence-corrected chi connectivity index (χ3v) is 4.01. The Hall–Kier alpha value is -2.13. The number of ketones is 1. The zero-order chi connectivity index (χ0) is 21.3. The first-order chi connectivity index (χ1) is 14.1. The number of rotatable bonds is 16. The molecule has 0 radical (unpaired) electrons. The van der Waals surface area contributed by atoms with Gasteiger partial charge >= 0.3 is 11.9 Å². The molecule has 0 aliphatic carbocycles. The van der Waals surface area contributed by atoms with Crippen LogP contribution in [0.25, 0.3) is 0 Å². The molecule has 0 saturated carbocycles. The van der Waals surface area contributed by atoms with E-state index in [4.69, 9.17) is 14.2 Å². The third kappa shape index (κ3) is 11.5. The SMILES string of the molecule is CCN[C@@H](CC(=O)OC(=O)c1ccccc1)C(=O)CCCOCCOCCNC. The molecule has 0 aliphatic rings. The Bertz CT molecular complexity index is 608. The van der Waals surface area contributed by atoms with Crippen LogP contribution in [0.15, 0.2) is 30.3 Å². The number of carbonyl (C=O) groups excluding carboxylic acids is 3. The van der Waals surface area contributed by atoms with Gasteiger partial charge in [-0.1, -0.05) is 25.1 Å². The summed E-state index contributed by atoms with van der Waals surface area (Å²) in [6.45, 7) is 5.22. The Kier molecular flexibility index (Phi) is 13.5. The number of esters is 2. The maximum Gasteiger partial charge on any atom is 0.345 e. The summed E-state index contributed by atoms with van der Waals surface area (Å²) in [6, 6.07) is 7.58. The smallest absolute Gasteiger partial charge is 0.345 e. The molecular formula is C21H32N2O6. The molecule has 0 saturated heterocycles. The lowest BCUT2D eigenvalue weighted by Gasteiger charge is -2.15. The minimum Gasteiger partial charge on any atom is -0.389 e. The van der Waals surface area contributed by atoms with Crippen molar-refractivity contribution >= 4 is 17.7 Å². The summed E-state index contributed by atoms with van der Waals surface area (Å²) in [6.07, 6.45) is 0.638. The Morgan fingerprint density at radius 3 is 2.34 bits per heavy atom. The molecule has 0 unspecified atom stereocenters. The number of hydrogen-bond acceptors (Lipinski definition) is 8. The zero-order valence-corrected chi connectivity index (χ0v) is 17.3. The van der Waals surface area contributed by atoms with E-state index in [1.807, 2.05) is 14.0 Å².